The van der Waals surface area contributed by atoms with Gasteiger partial charge in [-0.25, -0.2) is 13.1 Å². The van der Waals surface area contributed by atoms with E-state index < -0.39 is 10.0 Å². The second-order valence-electron chi connectivity index (χ2n) is 9.89. The Balaban J connectivity index is 1.32. The molecule has 4 aromatic carbocycles. The van der Waals surface area contributed by atoms with Crippen LogP contribution >= 0.6 is 0 Å². The summed E-state index contributed by atoms with van der Waals surface area (Å²) in [6, 6.07) is 30.7. The summed E-state index contributed by atoms with van der Waals surface area (Å²) in [6.07, 6.45) is 1.72. The highest BCUT2D eigenvalue weighted by Gasteiger charge is 2.27. The van der Waals surface area contributed by atoms with E-state index in [1.807, 2.05) is 78.9 Å². The van der Waals surface area contributed by atoms with Crippen molar-refractivity contribution in [2.24, 2.45) is 0 Å². The molecule has 1 aliphatic rings. The maximum absolute atomic E-state index is 13.1. The first kappa shape index (κ1) is 26.9. The Labute approximate surface area is 230 Å². The van der Waals surface area contributed by atoms with Gasteiger partial charge in [-0.2, -0.15) is 0 Å². The normalized spacial score (nSPS) is 14.8. The number of phenolic OH excluding ortho intramolecular Hbond substituents is 1. The van der Waals surface area contributed by atoms with Gasteiger partial charge >= 0.3 is 0 Å². The van der Waals surface area contributed by atoms with Crippen LogP contribution in [0.3, 0.4) is 0 Å². The molecule has 0 atom stereocenters. The minimum Gasteiger partial charge on any atom is -0.504 e. The number of rotatable bonds is 9. The molecular weight excluding hydrogens is 508 g/mol. The lowest BCUT2D eigenvalue weighted by molar-refractivity contribution is 0.203. The molecule has 0 radical (unpaired) electrons. The molecular formula is C32H34N2O4S. The number of nitrogens with one attached hydrogen (secondary N) is 1. The molecule has 1 fully saturated rings. The molecule has 0 aromatic heterocycles. The van der Waals surface area contributed by atoms with E-state index in [0.717, 1.165) is 54.7 Å². The van der Waals surface area contributed by atoms with E-state index in [4.69, 9.17) is 4.74 Å². The fraction of sp³-hybridized carbons (Fsp3) is 0.250. The van der Waals surface area contributed by atoms with Crippen LogP contribution in [-0.2, 0) is 16.6 Å². The van der Waals surface area contributed by atoms with Crippen LogP contribution in [0.4, 0.5) is 0 Å². The summed E-state index contributed by atoms with van der Waals surface area (Å²) >= 11 is 0. The van der Waals surface area contributed by atoms with E-state index >= 15 is 0 Å². The molecule has 1 saturated heterocycles. The predicted molar refractivity (Wildman–Crippen MR) is 155 cm³/mol. The van der Waals surface area contributed by atoms with Gasteiger partial charge in [0.25, 0.3) is 0 Å². The number of likely N-dealkylation sites (tertiary alicyclic amines) is 1. The average Bonchev–Trinajstić information content (AvgIpc) is 2.96. The highest BCUT2D eigenvalue weighted by molar-refractivity contribution is 7.89. The Morgan fingerprint density at radius 2 is 1.56 bits per heavy atom. The number of phenols is 1. The molecule has 5 rings (SSSR count). The number of ether oxygens (including phenoxy) is 1. The van der Waals surface area contributed by atoms with Crippen molar-refractivity contribution in [3.8, 4) is 28.4 Å². The molecule has 7 heteroatoms. The van der Waals surface area contributed by atoms with Crippen LogP contribution in [0.5, 0.6) is 17.2 Å². The van der Waals surface area contributed by atoms with Gasteiger partial charge in [0.1, 0.15) is 5.75 Å². The average molecular weight is 543 g/mol. The predicted octanol–water partition coefficient (Wildman–Crippen LogP) is 6.53. The van der Waals surface area contributed by atoms with Crippen molar-refractivity contribution in [2.75, 3.05) is 19.6 Å². The third kappa shape index (κ3) is 6.50. The number of piperidine rings is 1. The summed E-state index contributed by atoms with van der Waals surface area (Å²) in [6.45, 7) is 4.56. The monoisotopic (exact) mass is 542 g/mol. The van der Waals surface area contributed by atoms with Crippen LogP contribution in [0.1, 0.15) is 36.8 Å². The minimum absolute atomic E-state index is 0.106. The SMILES string of the molecule is CCNS(=O)(=O)c1ccc(-c2ccccc2)cc1C1CCN(Cc2ccc(O)c(Oc3ccccc3)c2)CC1. The first-order valence-electron chi connectivity index (χ1n) is 13.4. The van der Waals surface area contributed by atoms with Crippen molar-refractivity contribution < 1.29 is 18.3 Å². The smallest absolute Gasteiger partial charge is 0.240 e. The molecule has 0 bridgehead atoms. The first-order valence-corrected chi connectivity index (χ1v) is 14.9. The van der Waals surface area contributed by atoms with Gasteiger partial charge in [-0.1, -0.05) is 67.6 Å². The van der Waals surface area contributed by atoms with Gasteiger partial charge in [-0.15, -0.1) is 0 Å². The molecule has 0 unspecified atom stereocenters. The fourth-order valence-corrected chi connectivity index (χ4v) is 6.52. The topological polar surface area (TPSA) is 78.9 Å². The molecule has 0 spiro atoms. The molecule has 0 saturated carbocycles. The van der Waals surface area contributed by atoms with Crippen LogP contribution < -0.4 is 9.46 Å². The highest BCUT2D eigenvalue weighted by Crippen LogP contribution is 2.37. The van der Waals surface area contributed by atoms with Gasteiger partial charge in [-0.05, 0) is 90.5 Å². The summed E-state index contributed by atoms with van der Waals surface area (Å²) in [5.74, 6) is 1.36. The number of benzene rings is 4. The van der Waals surface area contributed by atoms with E-state index in [9.17, 15) is 13.5 Å². The maximum atomic E-state index is 13.1. The van der Waals surface area contributed by atoms with Gasteiger partial charge in [0.05, 0.1) is 4.90 Å². The number of sulfonamides is 1. The quantitative estimate of drug-likeness (QED) is 0.251. The van der Waals surface area contributed by atoms with Crippen molar-refractivity contribution in [3.63, 3.8) is 0 Å². The number of aromatic hydroxyl groups is 1. The van der Waals surface area contributed by atoms with Crippen LogP contribution in [0.2, 0.25) is 0 Å². The Morgan fingerprint density at radius 1 is 0.872 bits per heavy atom. The molecule has 0 aliphatic carbocycles. The Kier molecular flexibility index (Phi) is 8.31. The number of hydrogen-bond acceptors (Lipinski definition) is 5. The van der Waals surface area contributed by atoms with Crippen molar-refractivity contribution in [1.29, 1.82) is 0 Å². The molecule has 6 nitrogen and oxygen atoms in total. The molecule has 39 heavy (non-hydrogen) atoms. The Bertz CT molecular complexity index is 1500. The largest absolute Gasteiger partial charge is 0.504 e. The lowest BCUT2D eigenvalue weighted by Gasteiger charge is -2.33. The van der Waals surface area contributed by atoms with Crippen molar-refractivity contribution in [3.05, 3.63) is 108 Å². The Morgan fingerprint density at radius 3 is 2.26 bits per heavy atom. The van der Waals surface area contributed by atoms with Crippen LogP contribution in [0, 0.1) is 0 Å². The zero-order valence-corrected chi connectivity index (χ0v) is 22.9. The summed E-state index contributed by atoms with van der Waals surface area (Å²) < 4.78 is 34.7. The molecule has 1 aliphatic heterocycles. The summed E-state index contributed by atoms with van der Waals surface area (Å²) in [4.78, 5) is 2.75. The summed E-state index contributed by atoms with van der Waals surface area (Å²) in [5.41, 5.74) is 4.04. The van der Waals surface area contributed by atoms with Crippen molar-refractivity contribution >= 4 is 10.0 Å². The lowest BCUT2D eigenvalue weighted by Crippen LogP contribution is -2.33. The van der Waals surface area contributed by atoms with Gasteiger partial charge < -0.3 is 9.84 Å². The van der Waals surface area contributed by atoms with Gasteiger partial charge in [0.15, 0.2) is 11.5 Å². The number of para-hydroxylation sites is 1. The van der Waals surface area contributed by atoms with Crippen LogP contribution in [0.25, 0.3) is 11.1 Å². The minimum atomic E-state index is -3.59. The summed E-state index contributed by atoms with van der Waals surface area (Å²) in [5, 5.41) is 10.3. The number of nitrogens with zero attached hydrogens (tertiary/aromatic N) is 1. The van der Waals surface area contributed by atoms with Gasteiger partial charge in [0, 0.05) is 13.1 Å². The maximum Gasteiger partial charge on any atom is 0.240 e. The second kappa shape index (κ2) is 12.0. The zero-order valence-electron chi connectivity index (χ0n) is 22.1. The zero-order chi connectivity index (χ0) is 27.2. The lowest BCUT2D eigenvalue weighted by atomic mass is 9.87. The van der Waals surface area contributed by atoms with E-state index in [1.165, 1.54) is 0 Å². The van der Waals surface area contributed by atoms with E-state index in [0.29, 0.717) is 22.9 Å². The first-order chi connectivity index (χ1) is 18.9. The second-order valence-corrected chi connectivity index (χ2v) is 11.6. The standard InChI is InChI=1S/C32H34N2O4S/c1-2-33-39(36,37)32-16-14-27(25-9-5-3-6-10-25)22-29(32)26-17-19-34(20-18-26)23-24-13-15-30(35)31(21-24)38-28-11-7-4-8-12-28/h3-16,21-22,26,33,35H,2,17-20,23H2,1H3. The third-order valence-electron chi connectivity index (χ3n) is 7.17. The molecule has 4 aromatic rings. The third-order valence-corrected chi connectivity index (χ3v) is 8.79. The number of hydrogen-bond donors (Lipinski definition) is 2. The molecule has 0 amide bonds. The van der Waals surface area contributed by atoms with E-state index in [1.54, 1.807) is 19.1 Å². The molecule has 202 valence electrons. The summed E-state index contributed by atoms with van der Waals surface area (Å²) in [7, 11) is -3.59. The van der Waals surface area contributed by atoms with Gasteiger partial charge in [0.2, 0.25) is 10.0 Å². The van der Waals surface area contributed by atoms with E-state index in [-0.39, 0.29) is 11.7 Å². The van der Waals surface area contributed by atoms with Gasteiger partial charge in [-0.3, -0.25) is 4.90 Å². The van der Waals surface area contributed by atoms with Crippen LogP contribution in [-0.4, -0.2) is 38.1 Å². The Hall–Kier alpha value is -3.65. The molecule has 2 N–H and O–H groups in total. The highest BCUT2D eigenvalue weighted by atomic mass is 32.2. The fourth-order valence-electron chi connectivity index (χ4n) is 5.20. The molecule has 1 heterocycles. The van der Waals surface area contributed by atoms with Crippen molar-refractivity contribution in [2.45, 2.75) is 37.1 Å². The van der Waals surface area contributed by atoms with E-state index in [2.05, 4.69) is 15.7 Å². The van der Waals surface area contributed by atoms with Crippen LogP contribution in [0.15, 0.2) is 102 Å². The van der Waals surface area contributed by atoms with Crippen molar-refractivity contribution in [1.82, 2.24) is 9.62 Å².